The Kier molecular flexibility index (Phi) is 6.34. The normalized spacial score (nSPS) is 15.8. The molecular weight excluding hydrogens is 456 g/mol. The highest BCUT2D eigenvalue weighted by Gasteiger charge is 2.39. The maximum atomic E-state index is 13.7. The number of carbonyl (C=O) groups excluding carboxylic acids is 2. The summed E-state index contributed by atoms with van der Waals surface area (Å²) in [5, 5.41) is 15.0. The summed E-state index contributed by atoms with van der Waals surface area (Å²) in [7, 11) is 1.52. The number of nitrogens with zero attached hydrogens (tertiary/aromatic N) is 3. The molecule has 0 spiro atoms. The van der Waals surface area contributed by atoms with E-state index in [-0.39, 0.29) is 12.0 Å². The number of benzene rings is 2. The molecule has 0 bridgehead atoms. The number of hydrogen-bond acceptors (Lipinski definition) is 5. The van der Waals surface area contributed by atoms with Crippen molar-refractivity contribution in [3.8, 4) is 16.9 Å². The Morgan fingerprint density at radius 1 is 1.17 bits per heavy atom. The van der Waals surface area contributed by atoms with Gasteiger partial charge in [0.1, 0.15) is 11.7 Å². The van der Waals surface area contributed by atoms with Crippen LogP contribution in [-0.2, 0) is 21.9 Å². The van der Waals surface area contributed by atoms with Gasteiger partial charge in [-0.3, -0.25) is 14.8 Å². The molecule has 1 amide bonds. The Labute approximate surface area is 200 Å². The van der Waals surface area contributed by atoms with Crippen molar-refractivity contribution in [2.24, 2.45) is 11.0 Å². The number of hydrogen-bond donors (Lipinski definition) is 1. The van der Waals surface area contributed by atoms with E-state index in [0.29, 0.717) is 28.3 Å². The van der Waals surface area contributed by atoms with Crippen LogP contribution in [0.25, 0.3) is 11.1 Å². The molecule has 4 rings (SSSR count). The first-order valence-electron chi connectivity index (χ1n) is 10.9. The number of halogens is 2. The Morgan fingerprint density at radius 2 is 1.89 bits per heavy atom. The Morgan fingerprint density at radius 3 is 2.54 bits per heavy atom. The third-order valence-corrected chi connectivity index (χ3v) is 5.82. The van der Waals surface area contributed by atoms with Gasteiger partial charge >= 0.3 is 0 Å². The van der Waals surface area contributed by atoms with Gasteiger partial charge in [0.05, 0.1) is 18.5 Å². The van der Waals surface area contributed by atoms with Crippen LogP contribution in [0.4, 0.5) is 14.5 Å². The lowest BCUT2D eigenvalue weighted by atomic mass is 9.93. The van der Waals surface area contributed by atoms with Gasteiger partial charge in [-0.25, -0.2) is 8.78 Å². The predicted octanol–water partition coefficient (Wildman–Crippen LogP) is 4.15. The molecule has 9 heteroatoms. The number of rotatable bonds is 7. The summed E-state index contributed by atoms with van der Waals surface area (Å²) in [6.45, 7) is 2.39. The molecule has 180 valence electrons. The van der Waals surface area contributed by atoms with Crippen LogP contribution in [0.1, 0.15) is 25.0 Å². The Hall–Kier alpha value is -4.14. The Balaban J connectivity index is 1.59. The van der Waals surface area contributed by atoms with Crippen molar-refractivity contribution < 1.29 is 33.0 Å². The summed E-state index contributed by atoms with van der Waals surface area (Å²) >= 11 is 0. The minimum absolute atomic E-state index is 0.167. The topological polar surface area (TPSA) is 83.1 Å². The molecule has 1 atom stereocenters. The van der Waals surface area contributed by atoms with Crippen LogP contribution in [0.5, 0.6) is 5.75 Å². The molecule has 7 nitrogen and oxygen atoms in total. The second kappa shape index (κ2) is 9.25. The molecular formula is C26H24F2N3O4+. The third kappa shape index (κ3) is 4.89. The highest BCUT2D eigenvalue weighted by molar-refractivity contribution is 6.27. The van der Waals surface area contributed by atoms with Gasteiger partial charge in [0, 0.05) is 41.3 Å². The average molecular weight is 480 g/mol. The number of hydrazone groups is 1. The number of ketones is 1. The van der Waals surface area contributed by atoms with Gasteiger partial charge in [0.15, 0.2) is 5.78 Å². The molecule has 0 radical (unpaired) electrons. The number of carbonyl (C=O) groups is 2. The molecule has 0 fully saturated rings. The fraction of sp³-hybridized carbons (Fsp3) is 0.231. The minimum Gasteiger partial charge on any atom is -0.496 e. The number of pyridine rings is 1. The monoisotopic (exact) mass is 480 g/mol. The van der Waals surface area contributed by atoms with Crippen LogP contribution in [-0.4, -0.2) is 29.7 Å². The van der Waals surface area contributed by atoms with E-state index in [1.54, 1.807) is 43.3 Å². The van der Waals surface area contributed by atoms with Gasteiger partial charge in [-0.15, -0.1) is 0 Å². The van der Waals surface area contributed by atoms with Gasteiger partial charge < -0.3 is 4.74 Å². The van der Waals surface area contributed by atoms with Crippen molar-refractivity contribution in [3.63, 3.8) is 0 Å². The fourth-order valence-corrected chi connectivity index (χ4v) is 4.03. The van der Waals surface area contributed by atoms with Crippen molar-refractivity contribution >= 4 is 23.1 Å². The second-order valence-electron chi connectivity index (χ2n) is 8.41. The number of Topliss-reactive ketones (excluding diaryl/α,β-unsaturated/α-hetero) is 1. The lowest BCUT2D eigenvalue weighted by Gasteiger charge is -2.17. The molecule has 1 aliphatic rings. The molecule has 0 saturated heterocycles. The van der Waals surface area contributed by atoms with E-state index in [9.17, 15) is 23.6 Å². The zero-order valence-corrected chi connectivity index (χ0v) is 19.4. The van der Waals surface area contributed by atoms with Crippen molar-refractivity contribution in [1.82, 2.24) is 0 Å². The van der Waals surface area contributed by atoms with Crippen LogP contribution in [0.15, 0.2) is 72.1 Å². The number of anilines is 1. The van der Waals surface area contributed by atoms with E-state index >= 15 is 0 Å². The number of alkyl halides is 2. The smallest absolute Gasteiger partial charge is 0.270 e. The average Bonchev–Trinajstić information content (AvgIpc) is 3.12. The molecule has 1 aromatic heterocycles. The molecule has 1 unspecified atom stereocenters. The maximum Gasteiger partial charge on any atom is 0.270 e. The van der Waals surface area contributed by atoms with Crippen molar-refractivity contribution in [2.45, 2.75) is 26.2 Å². The van der Waals surface area contributed by atoms with E-state index < -0.39 is 23.5 Å². The van der Waals surface area contributed by atoms with Crippen LogP contribution in [0.3, 0.4) is 0 Å². The lowest BCUT2D eigenvalue weighted by Crippen LogP contribution is -2.33. The highest BCUT2D eigenvalue weighted by atomic mass is 19.3. The molecule has 1 aliphatic heterocycles. The molecule has 2 aromatic carbocycles. The first kappa shape index (κ1) is 24.0. The first-order chi connectivity index (χ1) is 16.6. The van der Waals surface area contributed by atoms with Gasteiger partial charge in [0.2, 0.25) is 12.4 Å². The highest BCUT2D eigenvalue weighted by Crippen LogP contribution is 2.35. The fourth-order valence-electron chi connectivity index (χ4n) is 4.03. The van der Waals surface area contributed by atoms with Crippen molar-refractivity contribution in [3.05, 3.63) is 78.1 Å². The van der Waals surface area contributed by atoms with Gasteiger partial charge in [0.25, 0.3) is 11.8 Å². The minimum atomic E-state index is -3.03. The van der Waals surface area contributed by atoms with Crippen molar-refractivity contribution in [2.75, 3.05) is 12.1 Å². The number of methoxy groups -OCH3 is 1. The zero-order chi connectivity index (χ0) is 25.3. The summed E-state index contributed by atoms with van der Waals surface area (Å²) in [6.07, 6.45) is 2.76. The molecule has 35 heavy (non-hydrogen) atoms. The molecule has 0 saturated carbocycles. The number of aromatic nitrogens is 1. The maximum absolute atomic E-state index is 13.7. The van der Waals surface area contributed by atoms with E-state index in [2.05, 4.69) is 5.10 Å². The van der Waals surface area contributed by atoms with Crippen LogP contribution in [0, 0.1) is 5.92 Å². The van der Waals surface area contributed by atoms with E-state index in [1.165, 1.54) is 42.7 Å². The lowest BCUT2D eigenvalue weighted by molar-refractivity contribution is -0.904. The summed E-state index contributed by atoms with van der Waals surface area (Å²) in [6, 6.07) is 14.1. The largest absolute Gasteiger partial charge is 0.496 e. The quantitative estimate of drug-likeness (QED) is 0.313. The number of amides is 1. The van der Waals surface area contributed by atoms with Crippen LogP contribution < -0.4 is 14.5 Å². The molecule has 0 aliphatic carbocycles. The van der Waals surface area contributed by atoms with Crippen LogP contribution in [0.2, 0.25) is 0 Å². The first-order valence-corrected chi connectivity index (χ1v) is 10.9. The SMILES string of the molecule is COc1ccc(N2N=C(C)C(C(=O)Cc3cccc(C(C)(F)F)c3)C2=O)cc1-c1cc[n+](O)cc1. The second-order valence-corrected chi connectivity index (χ2v) is 8.41. The summed E-state index contributed by atoms with van der Waals surface area (Å²) < 4.78 is 33.7. The third-order valence-electron chi connectivity index (χ3n) is 5.82. The number of ether oxygens (including phenoxy) is 1. The van der Waals surface area contributed by atoms with Gasteiger partial charge in [-0.05, 0) is 42.3 Å². The van der Waals surface area contributed by atoms with Crippen LogP contribution >= 0.6 is 0 Å². The van der Waals surface area contributed by atoms with E-state index in [0.717, 1.165) is 17.2 Å². The van der Waals surface area contributed by atoms with Gasteiger partial charge in [-0.1, -0.05) is 18.2 Å². The Bertz CT molecular complexity index is 1320. The molecule has 2 heterocycles. The standard InChI is InChI=1S/C26H24F2N3O4/c1-16-24(22(32)14-17-5-4-6-19(13-17)26(2,27)28)25(33)31(29-16)20-7-8-23(35-3)21(15-20)18-9-11-30(34)12-10-18/h4-13,15,24,34H,14H2,1-3H3/q+1. The van der Waals surface area contributed by atoms with Crippen molar-refractivity contribution in [1.29, 1.82) is 0 Å². The summed E-state index contributed by atoms with van der Waals surface area (Å²) in [5.41, 5.74) is 2.39. The summed E-state index contributed by atoms with van der Waals surface area (Å²) in [5.74, 6) is -4.51. The molecule has 3 aromatic rings. The summed E-state index contributed by atoms with van der Waals surface area (Å²) in [4.78, 5) is 26.3. The van der Waals surface area contributed by atoms with E-state index in [4.69, 9.17) is 4.74 Å². The zero-order valence-electron chi connectivity index (χ0n) is 19.4. The van der Waals surface area contributed by atoms with E-state index in [1.807, 2.05) is 0 Å². The van der Waals surface area contributed by atoms with Gasteiger partial charge in [-0.2, -0.15) is 10.1 Å². The molecule has 1 N–H and O–H groups in total. The predicted molar refractivity (Wildman–Crippen MR) is 125 cm³/mol.